The first-order chi connectivity index (χ1) is 23.6. The number of nitrogen functional groups attached to an aromatic ring is 1. The molecule has 0 radical (unpaired) electrons. The molecule has 1 atom stereocenters. The summed E-state index contributed by atoms with van der Waals surface area (Å²) in [5.41, 5.74) is 12.0. The molecule has 10 heteroatoms. The predicted molar refractivity (Wildman–Crippen MR) is 187 cm³/mol. The van der Waals surface area contributed by atoms with Gasteiger partial charge in [-0.1, -0.05) is 36.4 Å². The second-order valence-corrected chi connectivity index (χ2v) is 12.7. The third-order valence-electron chi connectivity index (χ3n) is 9.16. The van der Waals surface area contributed by atoms with Gasteiger partial charge in [0.15, 0.2) is 6.23 Å². The Kier molecular flexibility index (Phi) is 9.72. The van der Waals surface area contributed by atoms with Gasteiger partial charge in [-0.15, -0.1) is 0 Å². The molecule has 1 aliphatic heterocycles. The van der Waals surface area contributed by atoms with E-state index in [9.17, 15) is 4.79 Å². The van der Waals surface area contributed by atoms with Crippen LogP contribution in [0.25, 0.3) is 32.8 Å². The monoisotopic (exact) mass is 649 g/mol. The maximum Gasteiger partial charge on any atom is 0.310 e. The van der Waals surface area contributed by atoms with Crippen LogP contribution in [0.3, 0.4) is 0 Å². The predicted octanol–water partition coefficient (Wildman–Crippen LogP) is 7.06. The van der Waals surface area contributed by atoms with Crippen molar-refractivity contribution in [1.29, 1.82) is 0 Å². The number of fused-ring (bicyclic) bond motifs is 2. The molecule has 0 bridgehead atoms. The van der Waals surface area contributed by atoms with E-state index in [4.69, 9.17) is 29.8 Å². The summed E-state index contributed by atoms with van der Waals surface area (Å²) in [5, 5.41) is 11.9. The number of methoxy groups -OCH3 is 1. The number of pyridine rings is 1. The van der Waals surface area contributed by atoms with Crippen molar-refractivity contribution < 1.29 is 23.7 Å². The molecular formula is C38H43N5O5. The molecule has 1 saturated heterocycles. The number of anilines is 2. The van der Waals surface area contributed by atoms with Crippen LogP contribution in [0, 0.1) is 5.92 Å². The van der Waals surface area contributed by atoms with Gasteiger partial charge in [0.25, 0.3) is 0 Å². The number of para-hydroxylation sites is 1. The zero-order valence-electron chi connectivity index (χ0n) is 27.5. The van der Waals surface area contributed by atoms with E-state index < -0.39 is 0 Å². The average molecular weight is 650 g/mol. The minimum Gasteiger partial charge on any atom is -0.487 e. The van der Waals surface area contributed by atoms with Crippen LogP contribution < -0.4 is 15.8 Å². The molecule has 1 saturated carbocycles. The van der Waals surface area contributed by atoms with E-state index in [0.717, 1.165) is 75.6 Å². The summed E-state index contributed by atoms with van der Waals surface area (Å²) in [5.74, 6) is 1.52. The number of carbonyl (C=O) groups is 1. The third kappa shape index (κ3) is 7.10. The molecule has 10 nitrogen and oxygen atoms in total. The van der Waals surface area contributed by atoms with Gasteiger partial charge in [-0.2, -0.15) is 5.10 Å². The van der Waals surface area contributed by atoms with Crippen LogP contribution in [0.15, 0.2) is 66.9 Å². The molecule has 3 N–H and O–H groups in total. The second-order valence-electron chi connectivity index (χ2n) is 12.7. The lowest BCUT2D eigenvalue weighted by Gasteiger charge is -2.24. The van der Waals surface area contributed by atoms with Gasteiger partial charge in [0.05, 0.1) is 24.2 Å². The molecule has 250 valence electrons. The highest BCUT2D eigenvalue weighted by atomic mass is 16.5. The summed E-state index contributed by atoms with van der Waals surface area (Å²) >= 11 is 0. The van der Waals surface area contributed by atoms with Crippen LogP contribution in [-0.2, 0) is 32.0 Å². The summed E-state index contributed by atoms with van der Waals surface area (Å²) in [6.07, 6.45) is 7.89. The summed E-state index contributed by atoms with van der Waals surface area (Å²) in [6.45, 7) is 2.70. The van der Waals surface area contributed by atoms with Crippen molar-refractivity contribution in [2.45, 2.75) is 57.8 Å². The number of carbonyl (C=O) groups excluding carboxylic acids is 1. The molecule has 0 amide bonds. The molecule has 1 aliphatic carbocycles. The highest BCUT2D eigenvalue weighted by Crippen LogP contribution is 2.40. The zero-order valence-corrected chi connectivity index (χ0v) is 27.5. The van der Waals surface area contributed by atoms with Gasteiger partial charge in [-0.05, 0) is 78.8 Å². The van der Waals surface area contributed by atoms with Gasteiger partial charge >= 0.3 is 5.97 Å². The number of aromatic nitrogens is 3. The Bertz CT molecular complexity index is 1900. The summed E-state index contributed by atoms with van der Waals surface area (Å²) in [4.78, 5) is 16.9. The lowest BCUT2D eigenvalue weighted by atomic mass is 9.96. The molecule has 2 fully saturated rings. The Morgan fingerprint density at radius 2 is 1.92 bits per heavy atom. The first kappa shape index (κ1) is 31.9. The molecule has 0 spiro atoms. The quantitative estimate of drug-likeness (QED) is 0.0962. The number of benzene rings is 3. The number of nitrogens with zero attached hydrogens (tertiary/aromatic N) is 3. The van der Waals surface area contributed by atoms with Gasteiger partial charge in [-0.25, -0.2) is 9.67 Å². The van der Waals surface area contributed by atoms with Gasteiger partial charge < -0.3 is 30.0 Å². The van der Waals surface area contributed by atoms with Crippen LogP contribution in [0.4, 0.5) is 11.5 Å². The highest BCUT2D eigenvalue weighted by molar-refractivity contribution is 6.04. The largest absolute Gasteiger partial charge is 0.487 e. The third-order valence-corrected chi connectivity index (χ3v) is 9.16. The van der Waals surface area contributed by atoms with Gasteiger partial charge in [0.1, 0.15) is 23.9 Å². The minimum absolute atomic E-state index is 0.118. The van der Waals surface area contributed by atoms with Gasteiger partial charge in [-0.3, -0.25) is 4.79 Å². The Labute approximate surface area is 280 Å². The maximum absolute atomic E-state index is 12.6. The smallest absolute Gasteiger partial charge is 0.310 e. The minimum atomic E-state index is -0.298. The highest BCUT2D eigenvalue weighted by Gasteiger charge is 2.26. The van der Waals surface area contributed by atoms with Crippen LogP contribution in [0.2, 0.25) is 0 Å². The normalized spacial score (nSPS) is 16.3. The van der Waals surface area contributed by atoms with Crippen molar-refractivity contribution in [2.24, 2.45) is 5.92 Å². The Morgan fingerprint density at radius 3 is 2.75 bits per heavy atom. The fourth-order valence-electron chi connectivity index (χ4n) is 6.45. The Balaban J connectivity index is 1.27. The van der Waals surface area contributed by atoms with Gasteiger partial charge in [0.2, 0.25) is 0 Å². The topological polar surface area (TPSA) is 123 Å². The number of hydrogen-bond acceptors (Lipinski definition) is 9. The molecule has 5 aromatic rings. The van der Waals surface area contributed by atoms with Crippen LogP contribution in [0.1, 0.15) is 56.0 Å². The first-order valence-electron chi connectivity index (χ1n) is 17.0. The van der Waals surface area contributed by atoms with Crippen molar-refractivity contribution in [3.8, 4) is 16.9 Å². The van der Waals surface area contributed by atoms with Crippen molar-refractivity contribution >= 4 is 39.1 Å². The first-order valence-corrected chi connectivity index (χ1v) is 17.0. The van der Waals surface area contributed by atoms with Crippen LogP contribution >= 0.6 is 0 Å². The standard InChI is InChI=1S/C38H43N5O5/c1-45-17-7-19-47-36(44)22-26-8-2-3-11-34(26)48-24-33-31-20-27(28-9-6-10-30-29(28)15-16-40-38(30)39)21-32(41-23-25-13-14-25)37(31)43(42-33)35-12-4-5-18-46-35/h2-3,6,8-11,15-16,20-21,25,35,41H,4-5,7,12-14,17-19,22-24H2,1H3,(H2,39,40). The molecule has 2 aliphatic rings. The van der Waals surface area contributed by atoms with E-state index in [1.807, 2.05) is 42.5 Å². The molecule has 7 rings (SSSR count). The van der Waals surface area contributed by atoms with Crippen molar-refractivity contribution in [1.82, 2.24) is 14.8 Å². The van der Waals surface area contributed by atoms with E-state index in [-0.39, 0.29) is 25.2 Å². The van der Waals surface area contributed by atoms with Crippen molar-refractivity contribution in [3.63, 3.8) is 0 Å². The fourth-order valence-corrected chi connectivity index (χ4v) is 6.45. The summed E-state index contributed by atoms with van der Waals surface area (Å²) < 4.78 is 25.3. The molecule has 1 unspecified atom stereocenters. The number of ether oxygens (including phenoxy) is 4. The Hall–Kier alpha value is -4.67. The van der Waals surface area contributed by atoms with E-state index in [0.29, 0.717) is 43.7 Å². The lowest BCUT2D eigenvalue weighted by molar-refractivity contribution is -0.143. The Morgan fingerprint density at radius 1 is 1.02 bits per heavy atom. The van der Waals surface area contributed by atoms with E-state index in [1.165, 1.54) is 12.8 Å². The number of nitrogens with one attached hydrogen (secondary N) is 1. The molecule has 48 heavy (non-hydrogen) atoms. The van der Waals surface area contributed by atoms with Crippen molar-refractivity contribution in [2.75, 3.05) is 44.5 Å². The van der Waals surface area contributed by atoms with E-state index >= 15 is 0 Å². The van der Waals surface area contributed by atoms with Crippen LogP contribution in [0.5, 0.6) is 5.75 Å². The van der Waals surface area contributed by atoms with Crippen molar-refractivity contribution in [3.05, 3.63) is 78.1 Å². The molecule has 3 aromatic carbocycles. The number of nitrogens with two attached hydrogens (primary N) is 1. The van der Waals surface area contributed by atoms with E-state index in [1.54, 1.807) is 13.3 Å². The average Bonchev–Trinajstić information content (AvgIpc) is 3.88. The summed E-state index contributed by atoms with van der Waals surface area (Å²) in [6, 6.07) is 20.2. The zero-order chi connectivity index (χ0) is 32.9. The second kappa shape index (κ2) is 14.6. The number of rotatable bonds is 14. The van der Waals surface area contributed by atoms with Gasteiger partial charge in [0, 0.05) is 55.8 Å². The summed E-state index contributed by atoms with van der Waals surface area (Å²) in [7, 11) is 1.63. The number of esters is 1. The maximum atomic E-state index is 12.6. The SMILES string of the molecule is COCCCOC(=O)Cc1ccccc1OCc1nn(C2CCCCO2)c2c(NCC3CC3)cc(-c3cccc4c(N)nccc34)cc12. The molecular weight excluding hydrogens is 606 g/mol. The lowest BCUT2D eigenvalue weighted by Crippen LogP contribution is -2.20. The number of hydrogen-bond donors (Lipinski definition) is 2. The van der Waals surface area contributed by atoms with E-state index in [2.05, 4.69) is 33.2 Å². The molecule has 3 heterocycles. The van der Waals surface area contributed by atoms with Crippen LogP contribution in [-0.4, -0.2) is 54.2 Å². The molecule has 2 aromatic heterocycles. The fraction of sp³-hybridized carbons (Fsp3) is 0.395.